The van der Waals surface area contributed by atoms with Crippen LogP contribution in [-0.4, -0.2) is 46.8 Å². The fraction of sp³-hybridized carbons (Fsp3) is 0.519. The largest absolute Gasteiger partial charge is 0.504 e. The van der Waals surface area contributed by atoms with E-state index in [9.17, 15) is 9.90 Å². The van der Waals surface area contributed by atoms with Gasteiger partial charge in [0.15, 0.2) is 11.5 Å². The van der Waals surface area contributed by atoms with Crippen molar-refractivity contribution in [3.05, 3.63) is 59.2 Å². The number of phenolic OH excluding ortho intramolecular Hbond substituents is 1. The zero-order chi connectivity index (χ0) is 21.6. The Morgan fingerprint density at radius 3 is 2.75 bits per heavy atom. The van der Waals surface area contributed by atoms with E-state index in [1.807, 2.05) is 6.07 Å². The monoisotopic (exact) mass is 431 g/mol. The first-order chi connectivity index (χ1) is 15.6. The zero-order valence-corrected chi connectivity index (χ0v) is 18.4. The first kappa shape index (κ1) is 19.0. The highest BCUT2D eigenvalue weighted by atomic mass is 16.6. The molecular weight excluding hydrogens is 402 g/mol. The number of carbonyl (C=O) groups excluding carboxylic acids is 1. The van der Waals surface area contributed by atoms with Crippen molar-refractivity contribution in [3.63, 3.8) is 0 Å². The van der Waals surface area contributed by atoms with Crippen molar-refractivity contribution in [2.24, 2.45) is 5.92 Å². The Kier molecular flexibility index (Phi) is 3.86. The zero-order valence-electron chi connectivity index (χ0n) is 18.4. The number of phenols is 1. The third-order valence-corrected chi connectivity index (χ3v) is 8.95. The van der Waals surface area contributed by atoms with Crippen LogP contribution in [0.25, 0.3) is 0 Å². The third kappa shape index (κ3) is 2.40. The number of esters is 1. The Morgan fingerprint density at radius 1 is 1.19 bits per heavy atom. The SMILES string of the molecule is CC(=O)O[C@H]1[C@@H](c2ccccc2)CC2[C@H]3Cc4ccc(O)c5c4[C@@]2(CCN3C2CC2)[C@H]1O5. The summed E-state index contributed by atoms with van der Waals surface area (Å²) < 4.78 is 12.7. The summed E-state index contributed by atoms with van der Waals surface area (Å²) in [5.41, 5.74) is 3.54. The van der Waals surface area contributed by atoms with Crippen LogP contribution in [0.5, 0.6) is 11.5 Å². The van der Waals surface area contributed by atoms with Crippen LogP contribution in [0, 0.1) is 5.92 Å². The topological polar surface area (TPSA) is 59.0 Å². The standard InChI is InChI=1S/C27H29NO4/c1-15(29)31-24-19(16-5-3-2-4-6-16)14-20-21-13-17-7-10-22(30)25-23(17)27(20,26(24)32-25)11-12-28(21)18-8-9-18/h2-7,10,18-21,24,26,30H,8-9,11-14H2,1H3/t19-,20?,21-,24+,26+,27+/m1/s1. The van der Waals surface area contributed by atoms with Crippen LogP contribution in [0.3, 0.4) is 0 Å². The maximum Gasteiger partial charge on any atom is 0.303 e. The van der Waals surface area contributed by atoms with Crippen molar-refractivity contribution >= 4 is 5.97 Å². The average Bonchev–Trinajstić information content (AvgIpc) is 3.56. The van der Waals surface area contributed by atoms with E-state index in [0.717, 1.165) is 31.8 Å². The number of nitrogens with zero attached hydrogens (tertiary/aromatic N) is 1. The predicted molar refractivity (Wildman–Crippen MR) is 119 cm³/mol. The Labute approximate surface area is 188 Å². The quantitative estimate of drug-likeness (QED) is 0.747. The van der Waals surface area contributed by atoms with Crippen LogP contribution in [0.1, 0.15) is 55.2 Å². The lowest BCUT2D eigenvalue weighted by molar-refractivity contribution is -0.168. The lowest BCUT2D eigenvalue weighted by Crippen LogP contribution is -2.68. The van der Waals surface area contributed by atoms with E-state index < -0.39 is 0 Å². The second-order valence-electron chi connectivity index (χ2n) is 10.5. The predicted octanol–water partition coefficient (Wildman–Crippen LogP) is 3.92. The number of benzene rings is 2. The van der Waals surface area contributed by atoms with Gasteiger partial charge in [-0.1, -0.05) is 36.4 Å². The van der Waals surface area contributed by atoms with E-state index in [4.69, 9.17) is 9.47 Å². The minimum absolute atomic E-state index is 0.0860. The Hall–Kier alpha value is -2.53. The highest BCUT2D eigenvalue weighted by Gasteiger charge is 2.69. The molecule has 6 atom stereocenters. The molecule has 1 saturated heterocycles. The third-order valence-electron chi connectivity index (χ3n) is 8.95. The molecule has 3 aliphatic carbocycles. The molecule has 1 N–H and O–H groups in total. The fourth-order valence-electron chi connectivity index (χ4n) is 7.74. The minimum Gasteiger partial charge on any atom is -0.504 e. The molecular formula is C27H29NO4. The summed E-state index contributed by atoms with van der Waals surface area (Å²) >= 11 is 0. The molecule has 2 aromatic rings. The number of hydrogen-bond acceptors (Lipinski definition) is 5. The van der Waals surface area contributed by atoms with Gasteiger partial charge in [0.05, 0.1) is 0 Å². The van der Waals surface area contributed by atoms with Gasteiger partial charge >= 0.3 is 5.97 Å². The Balaban J connectivity index is 1.43. The van der Waals surface area contributed by atoms with Crippen LogP contribution < -0.4 is 4.74 Å². The average molecular weight is 432 g/mol. The summed E-state index contributed by atoms with van der Waals surface area (Å²) in [6.07, 6.45) is 4.98. The van der Waals surface area contributed by atoms with Gasteiger partial charge in [0.25, 0.3) is 0 Å². The van der Waals surface area contributed by atoms with E-state index in [1.54, 1.807) is 6.07 Å². The van der Waals surface area contributed by atoms with E-state index in [0.29, 0.717) is 17.7 Å². The molecule has 0 radical (unpaired) electrons. The number of carbonyl (C=O) groups is 1. The molecule has 2 saturated carbocycles. The van der Waals surface area contributed by atoms with E-state index >= 15 is 0 Å². The lowest BCUT2D eigenvalue weighted by atomic mass is 9.49. The number of ether oxygens (including phenoxy) is 2. The second-order valence-corrected chi connectivity index (χ2v) is 10.5. The smallest absolute Gasteiger partial charge is 0.303 e. The van der Waals surface area contributed by atoms with Gasteiger partial charge in [-0.15, -0.1) is 0 Å². The van der Waals surface area contributed by atoms with Crippen molar-refractivity contribution in [2.45, 2.75) is 74.7 Å². The summed E-state index contributed by atoms with van der Waals surface area (Å²) in [6, 6.07) is 15.6. The summed E-state index contributed by atoms with van der Waals surface area (Å²) in [6.45, 7) is 2.55. The molecule has 2 aromatic carbocycles. The number of likely N-dealkylation sites (tertiary alicyclic amines) is 1. The summed E-state index contributed by atoms with van der Waals surface area (Å²) in [5, 5.41) is 10.8. The van der Waals surface area contributed by atoms with Gasteiger partial charge in [0.2, 0.25) is 0 Å². The summed E-state index contributed by atoms with van der Waals surface area (Å²) in [7, 11) is 0. The van der Waals surface area contributed by atoms with Crippen molar-refractivity contribution in [2.75, 3.05) is 6.54 Å². The van der Waals surface area contributed by atoms with Crippen LogP contribution in [0.4, 0.5) is 0 Å². The van der Waals surface area contributed by atoms with E-state index in [-0.39, 0.29) is 35.3 Å². The molecule has 2 heterocycles. The molecule has 32 heavy (non-hydrogen) atoms. The maximum atomic E-state index is 12.3. The van der Waals surface area contributed by atoms with Crippen LogP contribution in [-0.2, 0) is 21.4 Å². The molecule has 5 aliphatic rings. The van der Waals surface area contributed by atoms with Gasteiger partial charge in [-0.25, -0.2) is 0 Å². The molecule has 5 heteroatoms. The van der Waals surface area contributed by atoms with Gasteiger partial charge in [0, 0.05) is 35.9 Å². The lowest BCUT2D eigenvalue weighted by Gasteiger charge is -2.61. The molecule has 166 valence electrons. The molecule has 0 amide bonds. The summed E-state index contributed by atoms with van der Waals surface area (Å²) in [4.78, 5) is 15.0. The number of hydrogen-bond donors (Lipinski definition) is 1. The van der Waals surface area contributed by atoms with Gasteiger partial charge < -0.3 is 14.6 Å². The van der Waals surface area contributed by atoms with E-state index in [2.05, 4.69) is 35.2 Å². The van der Waals surface area contributed by atoms with E-state index in [1.165, 1.54) is 36.5 Å². The van der Waals surface area contributed by atoms with Crippen LogP contribution >= 0.6 is 0 Å². The highest BCUT2D eigenvalue weighted by molar-refractivity contribution is 5.67. The minimum atomic E-state index is -0.364. The molecule has 2 bridgehead atoms. The first-order valence-electron chi connectivity index (χ1n) is 12.1. The molecule has 3 fully saturated rings. The molecule has 1 unspecified atom stereocenters. The molecule has 2 aliphatic heterocycles. The van der Waals surface area contributed by atoms with Gasteiger partial charge in [-0.3, -0.25) is 9.69 Å². The molecule has 7 rings (SSSR count). The highest BCUT2D eigenvalue weighted by Crippen LogP contribution is 2.66. The van der Waals surface area contributed by atoms with Crippen molar-refractivity contribution in [3.8, 4) is 11.5 Å². The van der Waals surface area contributed by atoms with Crippen LogP contribution in [0.2, 0.25) is 0 Å². The van der Waals surface area contributed by atoms with Crippen molar-refractivity contribution < 1.29 is 19.4 Å². The number of rotatable bonds is 3. The maximum absolute atomic E-state index is 12.3. The second kappa shape index (κ2) is 6.50. The van der Waals surface area contributed by atoms with Gasteiger partial charge in [0.1, 0.15) is 12.2 Å². The van der Waals surface area contributed by atoms with Crippen molar-refractivity contribution in [1.29, 1.82) is 0 Å². The van der Waals surface area contributed by atoms with Crippen LogP contribution in [0.15, 0.2) is 42.5 Å². The van der Waals surface area contributed by atoms with Gasteiger partial charge in [-0.2, -0.15) is 0 Å². The fourth-order valence-corrected chi connectivity index (χ4v) is 7.74. The molecule has 5 nitrogen and oxygen atoms in total. The van der Waals surface area contributed by atoms with Crippen molar-refractivity contribution in [1.82, 2.24) is 4.90 Å². The molecule has 1 spiro atoms. The number of aromatic hydroxyl groups is 1. The Bertz CT molecular complexity index is 1100. The number of piperidine rings is 1. The normalized spacial score (nSPS) is 36.8. The Morgan fingerprint density at radius 2 is 2.00 bits per heavy atom. The first-order valence-corrected chi connectivity index (χ1v) is 12.1. The van der Waals surface area contributed by atoms with Gasteiger partial charge in [-0.05, 0) is 61.8 Å². The summed E-state index contributed by atoms with van der Waals surface area (Å²) in [5.74, 6) is 1.10. The molecule has 0 aromatic heterocycles.